The Bertz CT molecular complexity index is 1350. The Labute approximate surface area is 191 Å². The maximum atomic E-state index is 13.6. The second-order valence-electron chi connectivity index (χ2n) is 6.82. The highest BCUT2D eigenvalue weighted by molar-refractivity contribution is 7.99. The summed E-state index contributed by atoms with van der Waals surface area (Å²) in [7, 11) is 1.67. The normalized spacial score (nSPS) is 11.1. The number of anilines is 1. The van der Waals surface area contributed by atoms with Crippen LogP contribution in [-0.4, -0.2) is 28.3 Å². The smallest absolute Gasteiger partial charge is 0.276 e. The van der Waals surface area contributed by atoms with Gasteiger partial charge >= 0.3 is 0 Å². The monoisotopic (exact) mass is 473 g/mol. The van der Waals surface area contributed by atoms with E-state index >= 15 is 0 Å². The van der Waals surface area contributed by atoms with Crippen LogP contribution in [0.4, 0.5) is 10.1 Å². The van der Waals surface area contributed by atoms with E-state index in [2.05, 4.69) is 4.98 Å². The third kappa shape index (κ3) is 4.37. The number of thiophene rings is 1. The topological polar surface area (TPSA) is 55.2 Å². The molecule has 0 aliphatic rings. The van der Waals surface area contributed by atoms with Crippen LogP contribution in [0.5, 0.6) is 0 Å². The van der Waals surface area contributed by atoms with Gasteiger partial charge in [0.1, 0.15) is 10.5 Å². The summed E-state index contributed by atoms with van der Waals surface area (Å²) in [6.45, 7) is 1.73. The first-order chi connectivity index (χ1) is 14.8. The maximum Gasteiger partial charge on any atom is 0.276 e. The maximum absolute atomic E-state index is 13.6. The summed E-state index contributed by atoms with van der Waals surface area (Å²) in [4.78, 5) is 32.1. The van der Waals surface area contributed by atoms with Crippen LogP contribution >= 0.6 is 34.7 Å². The summed E-state index contributed by atoms with van der Waals surface area (Å²) >= 11 is 8.49. The number of rotatable bonds is 5. The van der Waals surface area contributed by atoms with Gasteiger partial charge in [-0.1, -0.05) is 29.4 Å². The molecule has 158 valence electrons. The number of halogens is 2. The van der Waals surface area contributed by atoms with E-state index in [1.54, 1.807) is 55.7 Å². The molecule has 0 saturated heterocycles. The average Bonchev–Trinajstić information content (AvgIpc) is 3.21. The number of carbonyl (C=O) groups excluding carboxylic acids is 1. The number of fused-ring (bicyclic) bond motifs is 1. The van der Waals surface area contributed by atoms with E-state index in [0.717, 1.165) is 11.8 Å². The van der Waals surface area contributed by atoms with Gasteiger partial charge in [0.25, 0.3) is 5.56 Å². The van der Waals surface area contributed by atoms with Gasteiger partial charge in [-0.15, -0.1) is 11.3 Å². The first-order valence-corrected chi connectivity index (χ1v) is 11.5. The van der Waals surface area contributed by atoms with Crippen molar-refractivity contribution in [3.8, 4) is 5.69 Å². The van der Waals surface area contributed by atoms with Crippen molar-refractivity contribution in [1.29, 1.82) is 0 Å². The zero-order valence-electron chi connectivity index (χ0n) is 16.6. The molecule has 0 fully saturated rings. The molecule has 4 rings (SSSR count). The molecule has 0 saturated carbocycles. The third-order valence-electron chi connectivity index (χ3n) is 4.74. The average molecular weight is 474 g/mol. The van der Waals surface area contributed by atoms with Crippen LogP contribution in [0.2, 0.25) is 5.02 Å². The molecule has 0 unspecified atom stereocenters. The van der Waals surface area contributed by atoms with Gasteiger partial charge in [0.05, 0.1) is 17.0 Å². The van der Waals surface area contributed by atoms with Crippen LogP contribution in [0.1, 0.15) is 5.56 Å². The molecule has 2 aromatic heterocycles. The van der Waals surface area contributed by atoms with E-state index < -0.39 is 0 Å². The van der Waals surface area contributed by atoms with E-state index in [-0.39, 0.29) is 23.0 Å². The minimum absolute atomic E-state index is 0.0609. The summed E-state index contributed by atoms with van der Waals surface area (Å²) in [6.07, 6.45) is 0. The Kier molecular flexibility index (Phi) is 6.13. The predicted octanol–water partition coefficient (Wildman–Crippen LogP) is 5.30. The summed E-state index contributed by atoms with van der Waals surface area (Å²) in [5, 5.41) is 2.71. The Balaban J connectivity index is 1.70. The van der Waals surface area contributed by atoms with Gasteiger partial charge in [-0.3, -0.25) is 14.2 Å². The fraction of sp³-hybridized carbons (Fsp3) is 0.136. The molecular weight excluding hydrogens is 457 g/mol. The van der Waals surface area contributed by atoms with Crippen LogP contribution in [-0.2, 0) is 4.79 Å². The van der Waals surface area contributed by atoms with Crippen molar-refractivity contribution in [2.45, 2.75) is 12.1 Å². The number of carbonyl (C=O) groups is 1. The number of hydrogen-bond donors (Lipinski definition) is 0. The van der Waals surface area contributed by atoms with Crippen molar-refractivity contribution >= 4 is 56.5 Å². The Hall–Kier alpha value is -2.68. The molecule has 0 radical (unpaired) electrons. The lowest BCUT2D eigenvalue weighted by molar-refractivity contribution is -0.115. The Morgan fingerprint density at radius 2 is 2.06 bits per heavy atom. The number of nitrogens with zero attached hydrogens (tertiary/aromatic N) is 3. The van der Waals surface area contributed by atoms with E-state index in [1.165, 1.54) is 32.9 Å². The van der Waals surface area contributed by atoms with Gasteiger partial charge in [0.2, 0.25) is 5.91 Å². The molecule has 1 amide bonds. The molecule has 2 aromatic carbocycles. The van der Waals surface area contributed by atoms with E-state index in [0.29, 0.717) is 37.3 Å². The largest absolute Gasteiger partial charge is 0.315 e. The number of thioether (sulfide) groups is 1. The van der Waals surface area contributed by atoms with E-state index in [9.17, 15) is 14.0 Å². The molecule has 0 bridgehead atoms. The second kappa shape index (κ2) is 8.82. The highest BCUT2D eigenvalue weighted by Crippen LogP contribution is 2.26. The standard InChI is InChI=1S/C22H17ClFN3O2S2/c1-13-10-15(24)6-7-18(13)27-21(29)20-17(8-9-30-20)25-22(27)31-12-19(28)26(2)16-5-3-4-14(23)11-16/h3-11H,12H2,1-2H3. The summed E-state index contributed by atoms with van der Waals surface area (Å²) < 4.78 is 15.6. The number of benzene rings is 2. The first kappa shape index (κ1) is 21.5. The third-order valence-corrected chi connectivity index (χ3v) is 6.79. The van der Waals surface area contributed by atoms with Crippen molar-refractivity contribution in [3.05, 3.63) is 80.7 Å². The van der Waals surface area contributed by atoms with Gasteiger partial charge < -0.3 is 4.90 Å². The van der Waals surface area contributed by atoms with Crippen molar-refractivity contribution in [1.82, 2.24) is 9.55 Å². The first-order valence-electron chi connectivity index (χ1n) is 9.27. The SMILES string of the molecule is Cc1cc(F)ccc1-n1c(SCC(=O)N(C)c2cccc(Cl)c2)nc2ccsc2c1=O. The molecule has 0 aliphatic carbocycles. The van der Waals surface area contributed by atoms with Crippen molar-refractivity contribution < 1.29 is 9.18 Å². The zero-order chi connectivity index (χ0) is 22.1. The van der Waals surface area contributed by atoms with Crippen molar-refractivity contribution in [2.24, 2.45) is 0 Å². The van der Waals surface area contributed by atoms with Crippen LogP contribution in [0.25, 0.3) is 15.9 Å². The number of aryl methyl sites for hydroxylation is 1. The molecule has 0 spiro atoms. The molecule has 5 nitrogen and oxygen atoms in total. The number of hydrogen-bond acceptors (Lipinski definition) is 5. The van der Waals surface area contributed by atoms with E-state index in [4.69, 9.17) is 11.6 Å². The molecule has 9 heteroatoms. The van der Waals surface area contributed by atoms with Gasteiger partial charge in [0, 0.05) is 17.8 Å². The van der Waals surface area contributed by atoms with Crippen LogP contribution in [0.15, 0.2) is 63.9 Å². The lowest BCUT2D eigenvalue weighted by Gasteiger charge is -2.18. The molecule has 0 atom stereocenters. The lowest BCUT2D eigenvalue weighted by atomic mass is 10.2. The molecule has 0 N–H and O–H groups in total. The fourth-order valence-corrected chi connectivity index (χ4v) is 4.99. The number of amides is 1. The predicted molar refractivity (Wildman–Crippen MR) is 125 cm³/mol. The van der Waals surface area contributed by atoms with Crippen LogP contribution in [0, 0.1) is 12.7 Å². The van der Waals surface area contributed by atoms with Crippen LogP contribution in [0.3, 0.4) is 0 Å². The van der Waals surface area contributed by atoms with Gasteiger partial charge in [-0.2, -0.15) is 0 Å². The summed E-state index contributed by atoms with van der Waals surface area (Å²) in [5.41, 5.74) is 2.14. The lowest BCUT2D eigenvalue weighted by Crippen LogP contribution is -2.28. The second-order valence-corrected chi connectivity index (χ2v) is 9.12. The minimum Gasteiger partial charge on any atom is -0.315 e. The molecular formula is C22H17ClFN3O2S2. The molecule has 31 heavy (non-hydrogen) atoms. The summed E-state index contributed by atoms with van der Waals surface area (Å²) in [5.74, 6) is -0.494. The van der Waals surface area contributed by atoms with Crippen molar-refractivity contribution in [2.75, 3.05) is 17.7 Å². The summed E-state index contributed by atoms with van der Waals surface area (Å²) in [6, 6.07) is 13.0. The molecule has 0 aliphatic heterocycles. The highest BCUT2D eigenvalue weighted by Gasteiger charge is 2.19. The van der Waals surface area contributed by atoms with Crippen molar-refractivity contribution in [3.63, 3.8) is 0 Å². The van der Waals surface area contributed by atoms with Gasteiger partial charge in [0.15, 0.2) is 5.16 Å². The Morgan fingerprint density at radius 1 is 1.26 bits per heavy atom. The van der Waals surface area contributed by atoms with Crippen LogP contribution < -0.4 is 10.5 Å². The minimum atomic E-state index is -0.382. The van der Waals surface area contributed by atoms with E-state index in [1.807, 2.05) is 0 Å². The molecule has 2 heterocycles. The van der Waals surface area contributed by atoms with Gasteiger partial charge in [-0.25, -0.2) is 9.37 Å². The van der Waals surface area contributed by atoms with Gasteiger partial charge in [-0.05, 0) is 60.3 Å². The zero-order valence-corrected chi connectivity index (χ0v) is 19.0. The Morgan fingerprint density at radius 3 is 2.81 bits per heavy atom. The molecule has 4 aromatic rings. The fourth-order valence-electron chi connectivity index (χ4n) is 3.12. The number of aromatic nitrogens is 2. The highest BCUT2D eigenvalue weighted by atomic mass is 35.5. The quantitative estimate of drug-likeness (QED) is 0.291.